The molecule has 0 aliphatic heterocycles. The van der Waals surface area contributed by atoms with Crippen LogP contribution in [0.25, 0.3) is 0 Å². The van der Waals surface area contributed by atoms with Crippen molar-refractivity contribution in [1.29, 1.82) is 0 Å². The van der Waals surface area contributed by atoms with Gasteiger partial charge in [-0.2, -0.15) is 0 Å². The number of nitrogens with zero attached hydrogens (tertiary/aromatic N) is 1. The first kappa shape index (κ1) is 13.5. The van der Waals surface area contributed by atoms with E-state index in [0.29, 0.717) is 12.6 Å². The lowest BCUT2D eigenvalue weighted by Crippen LogP contribution is -2.47. The lowest BCUT2D eigenvalue weighted by atomic mass is 9.89. The molecule has 16 heavy (non-hydrogen) atoms. The van der Waals surface area contributed by atoms with Crippen molar-refractivity contribution < 1.29 is 9.90 Å². The van der Waals surface area contributed by atoms with Crippen molar-refractivity contribution in [2.45, 2.75) is 58.9 Å². The molecule has 0 heterocycles. The van der Waals surface area contributed by atoms with E-state index in [0.717, 1.165) is 12.8 Å². The molecule has 0 radical (unpaired) electrons. The number of hydrogen-bond acceptors (Lipinski definition) is 2. The van der Waals surface area contributed by atoms with Crippen molar-refractivity contribution in [2.75, 3.05) is 13.2 Å². The van der Waals surface area contributed by atoms with Crippen molar-refractivity contribution in [3.8, 4) is 0 Å². The van der Waals surface area contributed by atoms with Gasteiger partial charge in [0.15, 0.2) is 0 Å². The van der Waals surface area contributed by atoms with E-state index in [1.165, 1.54) is 19.3 Å². The average molecular weight is 227 g/mol. The van der Waals surface area contributed by atoms with Crippen LogP contribution in [0.5, 0.6) is 0 Å². The molecular formula is C13H25NO2. The molecule has 3 nitrogen and oxygen atoms in total. The molecule has 0 aromatic heterocycles. The standard InChI is InChI=1S/C13H25NO2/c1-13(2,3)12(16)14(9-10-15)11-7-5-4-6-8-11/h11,15H,4-10H2,1-3H3. The molecular weight excluding hydrogens is 202 g/mol. The van der Waals surface area contributed by atoms with Crippen molar-refractivity contribution in [2.24, 2.45) is 5.41 Å². The average Bonchev–Trinajstić information content (AvgIpc) is 2.25. The van der Waals surface area contributed by atoms with Crippen LogP contribution in [-0.4, -0.2) is 35.1 Å². The first-order valence-corrected chi connectivity index (χ1v) is 6.38. The summed E-state index contributed by atoms with van der Waals surface area (Å²) >= 11 is 0. The maximum absolute atomic E-state index is 12.3. The summed E-state index contributed by atoms with van der Waals surface area (Å²) in [7, 11) is 0. The molecule has 0 atom stereocenters. The van der Waals surface area contributed by atoms with Crippen molar-refractivity contribution in [1.82, 2.24) is 4.90 Å². The molecule has 1 fully saturated rings. The summed E-state index contributed by atoms with van der Waals surface area (Å²) in [6.07, 6.45) is 5.91. The fourth-order valence-electron chi connectivity index (χ4n) is 2.38. The molecule has 0 unspecified atom stereocenters. The van der Waals surface area contributed by atoms with E-state index in [9.17, 15) is 4.79 Å². The fourth-order valence-corrected chi connectivity index (χ4v) is 2.38. The van der Waals surface area contributed by atoms with Crippen LogP contribution in [-0.2, 0) is 4.79 Å². The molecule has 1 rings (SSSR count). The molecule has 0 spiro atoms. The number of aliphatic hydroxyl groups excluding tert-OH is 1. The van der Waals surface area contributed by atoms with Gasteiger partial charge in [-0.05, 0) is 12.8 Å². The van der Waals surface area contributed by atoms with E-state index in [-0.39, 0.29) is 17.9 Å². The van der Waals surface area contributed by atoms with E-state index in [2.05, 4.69) is 0 Å². The molecule has 3 heteroatoms. The second kappa shape index (κ2) is 5.67. The molecule has 0 bridgehead atoms. The van der Waals surface area contributed by atoms with Gasteiger partial charge in [0.25, 0.3) is 0 Å². The highest BCUT2D eigenvalue weighted by molar-refractivity contribution is 5.81. The highest BCUT2D eigenvalue weighted by Crippen LogP contribution is 2.26. The van der Waals surface area contributed by atoms with Crippen LogP contribution in [0.15, 0.2) is 0 Å². The van der Waals surface area contributed by atoms with E-state index in [1.54, 1.807) is 0 Å². The molecule has 94 valence electrons. The smallest absolute Gasteiger partial charge is 0.228 e. The Kier molecular flexibility index (Phi) is 4.78. The van der Waals surface area contributed by atoms with Gasteiger partial charge in [-0.25, -0.2) is 0 Å². The lowest BCUT2D eigenvalue weighted by molar-refractivity contribution is -0.143. The monoisotopic (exact) mass is 227 g/mol. The second-order valence-corrected chi connectivity index (χ2v) is 5.76. The van der Waals surface area contributed by atoms with E-state index in [1.807, 2.05) is 25.7 Å². The first-order chi connectivity index (χ1) is 7.46. The molecule has 0 aromatic rings. The largest absolute Gasteiger partial charge is 0.395 e. The second-order valence-electron chi connectivity index (χ2n) is 5.76. The predicted molar refractivity (Wildman–Crippen MR) is 65.1 cm³/mol. The zero-order valence-electron chi connectivity index (χ0n) is 10.8. The third-order valence-corrected chi connectivity index (χ3v) is 3.26. The Bertz CT molecular complexity index is 227. The number of hydrogen-bond donors (Lipinski definition) is 1. The molecule has 1 saturated carbocycles. The fraction of sp³-hybridized carbons (Fsp3) is 0.923. The number of aliphatic hydroxyl groups is 1. The minimum Gasteiger partial charge on any atom is -0.395 e. The van der Waals surface area contributed by atoms with Gasteiger partial charge < -0.3 is 10.0 Å². The van der Waals surface area contributed by atoms with Crippen LogP contribution >= 0.6 is 0 Å². The molecule has 1 N–H and O–H groups in total. The van der Waals surface area contributed by atoms with Gasteiger partial charge in [-0.1, -0.05) is 40.0 Å². The Balaban J connectivity index is 2.69. The van der Waals surface area contributed by atoms with Crippen molar-refractivity contribution in [3.05, 3.63) is 0 Å². The summed E-state index contributed by atoms with van der Waals surface area (Å²) < 4.78 is 0. The van der Waals surface area contributed by atoms with Gasteiger partial charge in [0.05, 0.1) is 6.61 Å². The van der Waals surface area contributed by atoms with Gasteiger partial charge in [0.2, 0.25) is 5.91 Å². The summed E-state index contributed by atoms with van der Waals surface area (Å²) in [6.45, 7) is 6.40. The van der Waals surface area contributed by atoms with Gasteiger partial charge in [-0.3, -0.25) is 4.79 Å². The van der Waals surface area contributed by atoms with E-state index in [4.69, 9.17) is 5.11 Å². The summed E-state index contributed by atoms with van der Waals surface area (Å²) in [5.41, 5.74) is -0.341. The van der Waals surface area contributed by atoms with E-state index < -0.39 is 0 Å². The van der Waals surface area contributed by atoms with Crippen molar-refractivity contribution in [3.63, 3.8) is 0 Å². The third-order valence-electron chi connectivity index (χ3n) is 3.26. The normalized spacial score (nSPS) is 18.5. The SMILES string of the molecule is CC(C)(C)C(=O)N(CCO)C1CCCCC1. The zero-order chi connectivity index (χ0) is 12.2. The first-order valence-electron chi connectivity index (χ1n) is 6.38. The maximum Gasteiger partial charge on any atom is 0.228 e. The predicted octanol–water partition coefficient (Wildman–Crippen LogP) is 2.19. The van der Waals surface area contributed by atoms with Gasteiger partial charge in [0.1, 0.15) is 0 Å². The van der Waals surface area contributed by atoms with Crippen LogP contribution < -0.4 is 0 Å². The van der Waals surface area contributed by atoms with Crippen LogP contribution in [0.2, 0.25) is 0 Å². The van der Waals surface area contributed by atoms with Crippen molar-refractivity contribution >= 4 is 5.91 Å². The third kappa shape index (κ3) is 3.48. The quantitative estimate of drug-likeness (QED) is 0.803. The maximum atomic E-state index is 12.3. The Morgan fingerprint density at radius 1 is 1.25 bits per heavy atom. The summed E-state index contributed by atoms with van der Waals surface area (Å²) in [5, 5.41) is 9.09. The Morgan fingerprint density at radius 3 is 2.25 bits per heavy atom. The minimum absolute atomic E-state index is 0.0678. The Morgan fingerprint density at radius 2 is 1.81 bits per heavy atom. The van der Waals surface area contributed by atoms with E-state index >= 15 is 0 Å². The molecule has 0 saturated heterocycles. The van der Waals surface area contributed by atoms with Crippen LogP contribution in [0, 0.1) is 5.41 Å². The summed E-state index contributed by atoms with van der Waals surface area (Å²) in [5.74, 6) is 0.174. The zero-order valence-corrected chi connectivity index (χ0v) is 10.8. The molecule has 1 aliphatic rings. The highest BCUT2D eigenvalue weighted by atomic mass is 16.3. The van der Waals surface area contributed by atoms with Gasteiger partial charge >= 0.3 is 0 Å². The Labute approximate surface area is 98.8 Å². The molecule has 1 aliphatic carbocycles. The van der Waals surface area contributed by atoms with Crippen LogP contribution in [0.4, 0.5) is 0 Å². The summed E-state index contributed by atoms with van der Waals surface area (Å²) in [6, 6.07) is 0.354. The summed E-state index contributed by atoms with van der Waals surface area (Å²) in [4.78, 5) is 14.2. The number of carbonyl (C=O) groups excluding carboxylic acids is 1. The Hall–Kier alpha value is -0.570. The number of amides is 1. The highest BCUT2D eigenvalue weighted by Gasteiger charge is 2.32. The van der Waals surface area contributed by atoms with Crippen LogP contribution in [0.1, 0.15) is 52.9 Å². The molecule has 0 aromatic carbocycles. The number of rotatable bonds is 3. The number of carbonyl (C=O) groups is 1. The van der Waals surface area contributed by atoms with Crippen LogP contribution in [0.3, 0.4) is 0 Å². The molecule has 1 amide bonds. The van der Waals surface area contributed by atoms with Gasteiger partial charge in [-0.15, -0.1) is 0 Å². The topological polar surface area (TPSA) is 40.5 Å². The van der Waals surface area contributed by atoms with Gasteiger partial charge in [0, 0.05) is 18.0 Å². The minimum atomic E-state index is -0.341. The lowest BCUT2D eigenvalue weighted by Gasteiger charge is -2.37.